The van der Waals surface area contributed by atoms with Crippen LogP contribution >= 0.6 is 0 Å². The molecule has 0 aliphatic heterocycles. The summed E-state index contributed by atoms with van der Waals surface area (Å²) in [5.74, 6) is 0.941. The molecule has 5 heteroatoms. The Morgan fingerprint density at radius 3 is 2.40 bits per heavy atom. The average molecular weight is 279 g/mol. The highest BCUT2D eigenvalue weighted by Crippen LogP contribution is 2.11. The molecule has 0 aromatic heterocycles. The van der Waals surface area contributed by atoms with Crippen molar-refractivity contribution in [2.24, 2.45) is 5.73 Å². The van der Waals surface area contributed by atoms with Crippen LogP contribution in [0.25, 0.3) is 0 Å². The second kappa shape index (κ2) is 8.55. The minimum absolute atomic E-state index is 0.110. The lowest BCUT2D eigenvalue weighted by Gasteiger charge is -2.21. The van der Waals surface area contributed by atoms with E-state index in [1.165, 1.54) is 0 Å². The smallest absolute Gasteiger partial charge is 0.236 e. The average Bonchev–Trinajstić information content (AvgIpc) is 2.46. The fourth-order valence-corrected chi connectivity index (χ4v) is 1.70. The first-order valence-corrected chi connectivity index (χ1v) is 6.91. The van der Waals surface area contributed by atoms with E-state index in [1.54, 1.807) is 19.0 Å². The maximum atomic E-state index is 11.6. The number of rotatable bonds is 8. The lowest BCUT2D eigenvalue weighted by molar-refractivity contribution is -0.129. The molecule has 2 N–H and O–H groups in total. The molecule has 20 heavy (non-hydrogen) atoms. The second-order valence-corrected chi connectivity index (χ2v) is 4.85. The number of carbonyl (C=O) groups excluding carboxylic acids is 1. The molecule has 5 nitrogen and oxygen atoms in total. The molecule has 0 saturated heterocycles. The van der Waals surface area contributed by atoms with E-state index in [0.717, 1.165) is 24.4 Å². The largest absolute Gasteiger partial charge is 0.492 e. The Morgan fingerprint density at radius 1 is 1.25 bits per heavy atom. The van der Waals surface area contributed by atoms with Gasteiger partial charge in [-0.3, -0.25) is 9.69 Å². The van der Waals surface area contributed by atoms with Crippen molar-refractivity contribution in [3.05, 3.63) is 29.8 Å². The zero-order valence-electron chi connectivity index (χ0n) is 12.6. The van der Waals surface area contributed by atoms with Gasteiger partial charge in [0, 0.05) is 27.2 Å². The van der Waals surface area contributed by atoms with Gasteiger partial charge in [-0.15, -0.1) is 0 Å². The van der Waals surface area contributed by atoms with Crippen LogP contribution in [0.1, 0.15) is 12.5 Å². The molecule has 0 radical (unpaired) electrons. The van der Waals surface area contributed by atoms with Gasteiger partial charge in [0.2, 0.25) is 5.91 Å². The fourth-order valence-electron chi connectivity index (χ4n) is 1.70. The van der Waals surface area contributed by atoms with Gasteiger partial charge in [-0.2, -0.15) is 0 Å². The first-order chi connectivity index (χ1) is 9.56. The van der Waals surface area contributed by atoms with Crippen molar-refractivity contribution >= 4 is 5.91 Å². The summed E-state index contributed by atoms with van der Waals surface area (Å²) in [5, 5.41) is 0. The van der Waals surface area contributed by atoms with Crippen molar-refractivity contribution in [1.29, 1.82) is 0 Å². The molecule has 0 saturated carbocycles. The maximum absolute atomic E-state index is 11.6. The summed E-state index contributed by atoms with van der Waals surface area (Å²) in [5.41, 5.74) is 6.63. The van der Waals surface area contributed by atoms with E-state index in [0.29, 0.717) is 19.7 Å². The Hall–Kier alpha value is -1.59. The second-order valence-electron chi connectivity index (χ2n) is 4.85. The van der Waals surface area contributed by atoms with Gasteiger partial charge in [-0.1, -0.05) is 19.1 Å². The molecule has 0 spiro atoms. The van der Waals surface area contributed by atoms with E-state index >= 15 is 0 Å². The number of nitrogens with zero attached hydrogens (tertiary/aromatic N) is 2. The summed E-state index contributed by atoms with van der Waals surface area (Å²) in [6.07, 6.45) is 0. The molecule has 0 aliphatic carbocycles. The first kappa shape index (κ1) is 16.5. The van der Waals surface area contributed by atoms with Crippen LogP contribution in [0, 0.1) is 0 Å². The highest BCUT2D eigenvalue weighted by Gasteiger charge is 2.10. The number of benzene rings is 1. The van der Waals surface area contributed by atoms with Crippen LogP contribution in [-0.2, 0) is 11.3 Å². The Bertz CT molecular complexity index is 404. The Labute approximate surface area is 121 Å². The SMILES string of the molecule is CCN(CCOc1ccc(CN)cc1)CC(=O)N(C)C. The molecule has 0 atom stereocenters. The van der Waals surface area contributed by atoms with Crippen LogP contribution in [0.2, 0.25) is 0 Å². The monoisotopic (exact) mass is 279 g/mol. The predicted octanol–water partition coefficient (Wildman–Crippen LogP) is 0.934. The quantitative estimate of drug-likeness (QED) is 0.769. The third kappa shape index (κ3) is 5.59. The number of amides is 1. The molecule has 1 aromatic carbocycles. The summed E-state index contributed by atoms with van der Waals surface area (Å²) < 4.78 is 5.67. The van der Waals surface area contributed by atoms with E-state index in [9.17, 15) is 4.79 Å². The molecule has 1 amide bonds. The predicted molar refractivity (Wildman–Crippen MR) is 80.6 cm³/mol. The van der Waals surface area contributed by atoms with E-state index in [1.807, 2.05) is 31.2 Å². The standard InChI is InChI=1S/C15H25N3O2/c1-4-18(12-15(19)17(2)3)9-10-20-14-7-5-13(11-16)6-8-14/h5-8H,4,9-12,16H2,1-3H3. The third-order valence-electron chi connectivity index (χ3n) is 3.14. The van der Waals surface area contributed by atoms with Gasteiger partial charge in [-0.25, -0.2) is 0 Å². The molecule has 0 unspecified atom stereocenters. The molecule has 0 bridgehead atoms. The molecular weight excluding hydrogens is 254 g/mol. The van der Waals surface area contributed by atoms with Gasteiger partial charge in [0.25, 0.3) is 0 Å². The van der Waals surface area contributed by atoms with E-state index in [4.69, 9.17) is 10.5 Å². The number of carbonyl (C=O) groups is 1. The first-order valence-electron chi connectivity index (χ1n) is 6.91. The van der Waals surface area contributed by atoms with Crippen molar-refractivity contribution < 1.29 is 9.53 Å². The van der Waals surface area contributed by atoms with Crippen molar-refractivity contribution in [3.8, 4) is 5.75 Å². The van der Waals surface area contributed by atoms with Crippen molar-refractivity contribution in [2.45, 2.75) is 13.5 Å². The summed E-state index contributed by atoms with van der Waals surface area (Å²) in [6, 6.07) is 7.76. The molecular formula is C15H25N3O2. The fraction of sp³-hybridized carbons (Fsp3) is 0.533. The van der Waals surface area contributed by atoms with Gasteiger partial charge in [-0.05, 0) is 24.2 Å². The summed E-state index contributed by atoms with van der Waals surface area (Å²) in [4.78, 5) is 15.3. The van der Waals surface area contributed by atoms with E-state index in [-0.39, 0.29) is 5.91 Å². The molecule has 0 heterocycles. The van der Waals surface area contributed by atoms with Gasteiger partial charge < -0.3 is 15.4 Å². The number of hydrogen-bond donors (Lipinski definition) is 1. The lowest BCUT2D eigenvalue weighted by Crippen LogP contribution is -2.38. The Balaban J connectivity index is 2.35. The van der Waals surface area contributed by atoms with Gasteiger partial charge in [0.05, 0.1) is 6.54 Å². The lowest BCUT2D eigenvalue weighted by atomic mass is 10.2. The van der Waals surface area contributed by atoms with Crippen LogP contribution in [-0.4, -0.2) is 56.0 Å². The van der Waals surface area contributed by atoms with Crippen LogP contribution < -0.4 is 10.5 Å². The molecule has 0 fully saturated rings. The Morgan fingerprint density at radius 2 is 1.90 bits per heavy atom. The van der Waals surface area contributed by atoms with Crippen LogP contribution in [0.5, 0.6) is 5.75 Å². The minimum Gasteiger partial charge on any atom is -0.492 e. The van der Waals surface area contributed by atoms with Crippen molar-refractivity contribution in [1.82, 2.24) is 9.80 Å². The molecule has 1 rings (SSSR count). The number of ether oxygens (including phenoxy) is 1. The third-order valence-corrected chi connectivity index (χ3v) is 3.14. The summed E-state index contributed by atoms with van der Waals surface area (Å²) >= 11 is 0. The zero-order valence-corrected chi connectivity index (χ0v) is 12.6. The molecule has 1 aromatic rings. The number of nitrogens with two attached hydrogens (primary N) is 1. The van der Waals surface area contributed by atoms with Crippen LogP contribution in [0.15, 0.2) is 24.3 Å². The maximum Gasteiger partial charge on any atom is 0.236 e. The van der Waals surface area contributed by atoms with Gasteiger partial charge in [0.1, 0.15) is 12.4 Å². The van der Waals surface area contributed by atoms with Crippen molar-refractivity contribution in [2.75, 3.05) is 40.3 Å². The zero-order chi connectivity index (χ0) is 15.0. The minimum atomic E-state index is 0.110. The Kier molecular flexibility index (Phi) is 7.04. The topological polar surface area (TPSA) is 58.8 Å². The summed E-state index contributed by atoms with van der Waals surface area (Å²) in [7, 11) is 3.54. The number of hydrogen-bond acceptors (Lipinski definition) is 4. The van der Waals surface area contributed by atoms with Crippen LogP contribution in [0.4, 0.5) is 0 Å². The highest BCUT2D eigenvalue weighted by molar-refractivity contribution is 5.77. The normalized spacial score (nSPS) is 10.7. The van der Waals surface area contributed by atoms with Gasteiger partial charge in [0.15, 0.2) is 0 Å². The highest BCUT2D eigenvalue weighted by atomic mass is 16.5. The molecule has 0 aliphatic rings. The van der Waals surface area contributed by atoms with E-state index in [2.05, 4.69) is 4.90 Å². The van der Waals surface area contributed by atoms with Gasteiger partial charge >= 0.3 is 0 Å². The van der Waals surface area contributed by atoms with Crippen LogP contribution in [0.3, 0.4) is 0 Å². The summed E-state index contributed by atoms with van der Waals surface area (Å²) in [6.45, 7) is 5.13. The van der Waals surface area contributed by atoms with Crippen molar-refractivity contribution in [3.63, 3.8) is 0 Å². The van der Waals surface area contributed by atoms with E-state index < -0.39 is 0 Å². The number of likely N-dealkylation sites (N-methyl/N-ethyl adjacent to an activating group) is 2. The molecule has 112 valence electrons.